The first-order valence-electron chi connectivity index (χ1n) is 5.24. The van der Waals surface area contributed by atoms with E-state index in [9.17, 15) is 0 Å². The van der Waals surface area contributed by atoms with Crippen molar-refractivity contribution in [2.75, 3.05) is 5.32 Å². The smallest absolute Gasteiger partial charge is 0.0413 e. The van der Waals surface area contributed by atoms with Gasteiger partial charge in [-0.05, 0) is 31.0 Å². The molecule has 0 saturated heterocycles. The van der Waals surface area contributed by atoms with Gasteiger partial charge in [-0.2, -0.15) is 0 Å². The van der Waals surface area contributed by atoms with E-state index in [4.69, 9.17) is 0 Å². The van der Waals surface area contributed by atoms with Crippen LogP contribution in [0.2, 0.25) is 0 Å². The van der Waals surface area contributed by atoms with Crippen LogP contribution in [0.3, 0.4) is 0 Å². The van der Waals surface area contributed by atoms with Crippen molar-refractivity contribution in [3.8, 4) is 0 Å². The third-order valence-corrected chi connectivity index (χ3v) is 2.24. The van der Waals surface area contributed by atoms with Crippen molar-refractivity contribution in [2.24, 2.45) is 0 Å². The number of anilines is 1. The zero-order valence-electron chi connectivity index (χ0n) is 9.09. The van der Waals surface area contributed by atoms with Gasteiger partial charge in [0.1, 0.15) is 0 Å². The molecule has 0 amide bonds. The molecule has 0 aliphatic carbocycles. The van der Waals surface area contributed by atoms with Crippen molar-refractivity contribution in [3.05, 3.63) is 42.5 Å². The molecule has 0 spiro atoms. The summed E-state index contributed by atoms with van der Waals surface area (Å²) >= 11 is 0. The Morgan fingerprint density at radius 2 is 2.00 bits per heavy atom. The Morgan fingerprint density at radius 1 is 1.36 bits per heavy atom. The summed E-state index contributed by atoms with van der Waals surface area (Å²) in [5, 5.41) is 3.34. The standard InChI is InChI=1S/C13H19N/c1-4-6-12-7-9-13(10-8-12)14-11(3)5-2/h5,7-11,14H,2,4,6H2,1,3H3. The molecule has 0 bridgehead atoms. The molecular weight excluding hydrogens is 170 g/mol. The van der Waals surface area contributed by atoms with E-state index < -0.39 is 0 Å². The van der Waals surface area contributed by atoms with Crippen LogP contribution in [0.25, 0.3) is 0 Å². The monoisotopic (exact) mass is 189 g/mol. The van der Waals surface area contributed by atoms with Crippen molar-refractivity contribution in [2.45, 2.75) is 32.7 Å². The maximum Gasteiger partial charge on any atom is 0.0413 e. The fourth-order valence-corrected chi connectivity index (χ4v) is 1.38. The van der Waals surface area contributed by atoms with Crippen molar-refractivity contribution in [1.82, 2.24) is 0 Å². The minimum atomic E-state index is 0.326. The molecule has 0 aromatic heterocycles. The Balaban J connectivity index is 2.59. The predicted octanol–water partition coefficient (Wildman–Crippen LogP) is 3.63. The highest BCUT2D eigenvalue weighted by Crippen LogP contribution is 2.12. The van der Waals surface area contributed by atoms with E-state index in [1.165, 1.54) is 12.0 Å². The van der Waals surface area contributed by atoms with E-state index in [1.807, 2.05) is 6.08 Å². The molecule has 1 aromatic rings. The highest BCUT2D eigenvalue weighted by molar-refractivity contribution is 5.46. The van der Waals surface area contributed by atoms with E-state index in [0.717, 1.165) is 12.1 Å². The first kappa shape index (κ1) is 10.8. The van der Waals surface area contributed by atoms with E-state index in [-0.39, 0.29) is 0 Å². The van der Waals surface area contributed by atoms with Gasteiger partial charge in [-0.1, -0.05) is 31.6 Å². The van der Waals surface area contributed by atoms with Crippen LogP contribution in [0.15, 0.2) is 36.9 Å². The Labute approximate surface area is 86.8 Å². The van der Waals surface area contributed by atoms with Crippen molar-refractivity contribution in [1.29, 1.82) is 0 Å². The van der Waals surface area contributed by atoms with E-state index in [0.29, 0.717) is 6.04 Å². The summed E-state index contributed by atoms with van der Waals surface area (Å²) in [7, 11) is 0. The number of nitrogens with one attached hydrogen (secondary N) is 1. The lowest BCUT2D eigenvalue weighted by molar-refractivity contribution is 0.921. The molecule has 1 N–H and O–H groups in total. The van der Waals surface area contributed by atoms with Crippen LogP contribution >= 0.6 is 0 Å². The van der Waals surface area contributed by atoms with Crippen molar-refractivity contribution in [3.63, 3.8) is 0 Å². The van der Waals surface area contributed by atoms with Crippen molar-refractivity contribution < 1.29 is 0 Å². The van der Waals surface area contributed by atoms with Gasteiger partial charge in [-0.25, -0.2) is 0 Å². The lowest BCUT2D eigenvalue weighted by atomic mass is 10.1. The lowest BCUT2D eigenvalue weighted by Crippen LogP contribution is -2.10. The van der Waals surface area contributed by atoms with Gasteiger partial charge in [0.05, 0.1) is 0 Å². The average molecular weight is 189 g/mol. The van der Waals surface area contributed by atoms with E-state index in [2.05, 4.69) is 50.0 Å². The quantitative estimate of drug-likeness (QED) is 0.697. The summed E-state index contributed by atoms with van der Waals surface area (Å²) < 4.78 is 0. The molecular formula is C13H19N. The van der Waals surface area contributed by atoms with Gasteiger partial charge in [0.25, 0.3) is 0 Å². The second kappa shape index (κ2) is 5.48. The summed E-state index contributed by atoms with van der Waals surface area (Å²) in [6.07, 6.45) is 4.27. The molecule has 0 fully saturated rings. The lowest BCUT2D eigenvalue weighted by Gasteiger charge is -2.11. The molecule has 1 unspecified atom stereocenters. The van der Waals surface area contributed by atoms with Crippen LogP contribution in [0, 0.1) is 0 Å². The Bertz CT molecular complexity index is 274. The molecule has 0 radical (unpaired) electrons. The fraction of sp³-hybridized carbons (Fsp3) is 0.385. The maximum atomic E-state index is 3.74. The molecule has 1 atom stereocenters. The molecule has 1 rings (SSSR count). The summed E-state index contributed by atoms with van der Waals surface area (Å²) in [6.45, 7) is 8.03. The Morgan fingerprint density at radius 3 is 2.50 bits per heavy atom. The maximum absolute atomic E-state index is 3.74. The molecule has 1 nitrogen and oxygen atoms in total. The molecule has 0 aliphatic rings. The van der Waals surface area contributed by atoms with Crippen LogP contribution in [0.4, 0.5) is 5.69 Å². The van der Waals surface area contributed by atoms with Gasteiger partial charge in [-0.15, -0.1) is 6.58 Å². The predicted molar refractivity (Wildman–Crippen MR) is 63.7 cm³/mol. The molecule has 76 valence electrons. The highest BCUT2D eigenvalue weighted by atomic mass is 14.9. The van der Waals surface area contributed by atoms with E-state index >= 15 is 0 Å². The molecule has 14 heavy (non-hydrogen) atoms. The van der Waals surface area contributed by atoms with Gasteiger partial charge in [0.15, 0.2) is 0 Å². The highest BCUT2D eigenvalue weighted by Gasteiger charge is 1.96. The summed E-state index contributed by atoms with van der Waals surface area (Å²) in [5.74, 6) is 0. The second-order valence-corrected chi connectivity index (χ2v) is 3.62. The zero-order chi connectivity index (χ0) is 10.4. The van der Waals surface area contributed by atoms with Crippen molar-refractivity contribution >= 4 is 5.69 Å². The van der Waals surface area contributed by atoms with Gasteiger partial charge >= 0.3 is 0 Å². The Kier molecular flexibility index (Phi) is 4.24. The van der Waals surface area contributed by atoms with Crippen LogP contribution in [-0.2, 0) is 6.42 Å². The van der Waals surface area contributed by atoms with E-state index in [1.54, 1.807) is 0 Å². The number of benzene rings is 1. The number of rotatable bonds is 5. The minimum Gasteiger partial charge on any atom is -0.379 e. The normalized spacial score (nSPS) is 12.1. The molecule has 1 heteroatoms. The van der Waals surface area contributed by atoms with Gasteiger partial charge in [0.2, 0.25) is 0 Å². The first-order valence-corrected chi connectivity index (χ1v) is 5.24. The van der Waals surface area contributed by atoms with Gasteiger partial charge in [-0.3, -0.25) is 0 Å². The summed E-state index contributed by atoms with van der Waals surface area (Å²) in [6, 6.07) is 8.95. The molecule has 0 heterocycles. The topological polar surface area (TPSA) is 12.0 Å². The molecule has 1 aromatic carbocycles. The van der Waals surface area contributed by atoms with Gasteiger partial charge in [0, 0.05) is 11.7 Å². The first-order chi connectivity index (χ1) is 6.76. The average Bonchev–Trinajstić information content (AvgIpc) is 2.21. The summed E-state index contributed by atoms with van der Waals surface area (Å²) in [5.41, 5.74) is 2.57. The van der Waals surface area contributed by atoms with Crippen LogP contribution in [0.1, 0.15) is 25.8 Å². The number of aryl methyl sites for hydroxylation is 1. The number of hydrogen-bond acceptors (Lipinski definition) is 1. The SMILES string of the molecule is C=CC(C)Nc1ccc(CCC)cc1. The largest absolute Gasteiger partial charge is 0.379 e. The van der Waals surface area contributed by atoms with Gasteiger partial charge < -0.3 is 5.32 Å². The third kappa shape index (κ3) is 3.25. The third-order valence-electron chi connectivity index (χ3n) is 2.24. The second-order valence-electron chi connectivity index (χ2n) is 3.62. The zero-order valence-corrected chi connectivity index (χ0v) is 9.09. The summed E-state index contributed by atoms with van der Waals surface area (Å²) in [4.78, 5) is 0. The fourth-order valence-electron chi connectivity index (χ4n) is 1.38. The van der Waals surface area contributed by atoms with Crippen LogP contribution in [0.5, 0.6) is 0 Å². The minimum absolute atomic E-state index is 0.326. The van der Waals surface area contributed by atoms with Crippen LogP contribution in [-0.4, -0.2) is 6.04 Å². The Hall–Kier alpha value is -1.24. The molecule has 0 aliphatic heterocycles. The van der Waals surface area contributed by atoms with Crippen LogP contribution < -0.4 is 5.32 Å². The number of hydrogen-bond donors (Lipinski definition) is 1. The molecule has 0 saturated carbocycles.